The van der Waals surface area contributed by atoms with Crippen molar-refractivity contribution in [2.75, 3.05) is 13.7 Å². The average molecular weight is 372 g/mol. The standard InChI is InChI=1S/C20H18F2N2O3/c1-12-5-19(17-9-16(26-2)3-4-18(17)24-12)27-11-20(25)23-10-13-6-14(21)8-15(22)7-13/h3-9H,10-11H2,1-2H3,(H,23,25). The molecule has 0 saturated carbocycles. The zero-order valence-electron chi connectivity index (χ0n) is 14.9. The summed E-state index contributed by atoms with van der Waals surface area (Å²) in [6.45, 7) is 1.59. The second kappa shape index (κ2) is 7.99. The second-order valence-electron chi connectivity index (χ2n) is 5.99. The van der Waals surface area contributed by atoms with Crippen molar-refractivity contribution in [1.29, 1.82) is 0 Å². The van der Waals surface area contributed by atoms with Crippen molar-refractivity contribution < 1.29 is 23.0 Å². The van der Waals surface area contributed by atoms with E-state index in [1.165, 1.54) is 0 Å². The van der Waals surface area contributed by atoms with Gasteiger partial charge in [-0.05, 0) is 42.8 Å². The van der Waals surface area contributed by atoms with Crippen molar-refractivity contribution in [2.45, 2.75) is 13.5 Å². The maximum Gasteiger partial charge on any atom is 0.258 e. The van der Waals surface area contributed by atoms with Crippen LogP contribution in [0.2, 0.25) is 0 Å². The van der Waals surface area contributed by atoms with E-state index in [-0.39, 0.29) is 13.2 Å². The van der Waals surface area contributed by atoms with Crippen LogP contribution in [0, 0.1) is 18.6 Å². The molecular weight excluding hydrogens is 354 g/mol. The van der Waals surface area contributed by atoms with Crippen LogP contribution >= 0.6 is 0 Å². The number of hydrogen-bond acceptors (Lipinski definition) is 4. The molecule has 0 radical (unpaired) electrons. The number of hydrogen-bond donors (Lipinski definition) is 1. The highest BCUT2D eigenvalue weighted by Gasteiger charge is 2.10. The molecule has 0 saturated heterocycles. The summed E-state index contributed by atoms with van der Waals surface area (Å²) in [6, 6.07) is 10.2. The number of nitrogens with zero attached hydrogens (tertiary/aromatic N) is 1. The average Bonchev–Trinajstić information content (AvgIpc) is 2.63. The van der Waals surface area contributed by atoms with Gasteiger partial charge in [-0.25, -0.2) is 8.78 Å². The van der Waals surface area contributed by atoms with Gasteiger partial charge < -0.3 is 14.8 Å². The number of benzene rings is 2. The van der Waals surface area contributed by atoms with Crippen molar-refractivity contribution in [3.05, 3.63) is 65.4 Å². The minimum atomic E-state index is -0.692. The van der Waals surface area contributed by atoms with Crippen molar-refractivity contribution in [3.63, 3.8) is 0 Å². The van der Waals surface area contributed by atoms with E-state index in [0.29, 0.717) is 17.1 Å². The summed E-state index contributed by atoms with van der Waals surface area (Å²) in [5.41, 5.74) is 1.80. The zero-order valence-corrected chi connectivity index (χ0v) is 14.9. The highest BCUT2D eigenvalue weighted by Crippen LogP contribution is 2.28. The summed E-state index contributed by atoms with van der Waals surface area (Å²) in [5.74, 6) is -0.643. The van der Waals surface area contributed by atoms with Crippen LogP contribution in [0.1, 0.15) is 11.3 Å². The van der Waals surface area contributed by atoms with E-state index in [1.807, 2.05) is 13.0 Å². The molecule has 140 valence electrons. The van der Waals surface area contributed by atoms with E-state index in [2.05, 4.69) is 10.3 Å². The fourth-order valence-electron chi connectivity index (χ4n) is 2.65. The molecule has 2 aromatic carbocycles. The normalized spacial score (nSPS) is 10.7. The minimum absolute atomic E-state index is 0.000810. The number of pyridine rings is 1. The molecule has 1 heterocycles. The van der Waals surface area contributed by atoms with Crippen molar-refractivity contribution >= 4 is 16.8 Å². The summed E-state index contributed by atoms with van der Waals surface area (Å²) in [4.78, 5) is 16.5. The summed E-state index contributed by atoms with van der Waals surface area (Å²) < 4.78 is 37.2. The predicted octanol–water partition coefficient (Wildman–Crippen LogP) is 3.53. The number of nitrogens with one attached hydrogen (secondary N) is 1. The lowest BCUT2D eigenvalue weighted by atomic mass is 10.1. The van der Waals surface area contributed by atoms with Crippen LogP contribution in [0.3, 0.4) is 0 Å². The van der Waals surface area contributed by atoms with Gasteiger partial charge in [0.25, 0.3) is 5.91 Å². The first-order chi connectivity index (χ1) is 12.9. The number of aryl methyl sites for hydroxylation is 1. The first kappa shape index (κ1) is 18.6. The van der Waals surface area contributed by atoms with Gasteiger partial charge in [-0.3, -0.25) is 9.78 Å². The maximum absolute atomic E-state index is 13.2. The topological polar surface area (TPSA) is 60.5 Å². The van der Waals surface area contributed by atoms with Crippen LogP contribution < -0.4 is 14.8 Å². The summed E-state index contributed by atoms with van der Waals surface area (Å²) >= 11 is 0. The lowest BCUT2D eigenvalue weighted by Gasteiger charge is -2.11. The van der Waals surface area contributed by atoms with Gasteiger partial charge in [-0.15, -0.1) is 0 Å². The third-order valence-corrected chi connectivity index (χ3v) is 3.88. The van der Waals surface area contributed by atoms with E-state index in [0.717, 1.165) is 34.8 Å². The third kappa shape index (κ3) is 4.69. The summed E-state index contributed by atoms with van der Waals surface area (Å²) in [7, 11) is 1.56. The number of amides is 1. The van der Waals surface area contributed by atoms with E-state index < -0.39 is 17.5 Å². The predicted molar refractivity (Wildman–Crippen MR) is 96.7 cm³/mol. The minimum Gasteiger partial charge on any atom is -0.497 e. The molecule has 27 heavy (non-hydrogen) atoms. The number of carbonyl (C=O) groups is 1. The number of carbonyl (C=O) groups excluding carboxylic acids is 1. The highest BCUT2D eigenvalue weighted by molar-refractivity contribution is 5.87. The van der Waals surface area contributed by atoms with Crippen molar-refractivity contribution in [3.8, 4) is 11.5 Å². The molecule has 0 bridgehead atoms. The Bertz CT molecular complexity index is 972. The molecule has 3 rings (SSSR count). The maximum atomic E-state index is 13.2. The van der Waals surface area contributed by atoms with Gasteiger partial charge in [0.2, 0.25) is 0 Å². The molecule has 1 amide bonds. The third-order valence-electron chi connectivity index (χ3n) is 3.88. The monoisotopic (exact) mass is 372 g/mol. The fraction of sp³-hybridized carbons (Fsp3) is 0.200. The van der Waals surface area contributed by atoms with Crippen LogP contribution in [-0.4, -0.2) is 24.6 Å². The Morgan fingerprint density at radius 1 is 1.11 bits per heavy atom. The molecule has 0 aliphatic heterocycles. The van der Waals surface area contributed by atoms with Gasteiger partial charge in [0, 0.05) is 29.8 Å². The van der Waals surface area contributed by atoms with Gasteiger partial charge in [-0.2, -0.15) is 0 Å². The Balaban J connectivity index is 1.67. The van der Waals surface area contributed by atoms with Gasteiger partial charge in [0.1, 0.15) is 23.1 Å². The first-order valence-electron chi connectivity index (χ1n) is 8.24. The van der Waals surface area contributed by atoms with Crippen LogP contribution in [0.15, 0.2) is 42.5 Å². The molecule has 0 aliphatic carbocycles. The zero-order chi connectivity index (χ0) is 19.4. The van der Waals surface area contributed by atoms with E-state index in [9.17, 15) is 13.6 Å². The van der Waals surface area contributed by atoms with Gasteiger partial charge in [0.05, 0.1) is 12.6 Å². The molecule has 0 fully saturated rings. The number of halogens is 2. The van der Waals surface area contributed by atoms with Crippen LogP contribution in [0.5, 0.6) is 11.5 Å². The smallest absolute Gasteiger partial charge is 0.258 e. The van der Waals surface area contributed by atoms with E-state index in [1.54, 1.807) is 25.3 Å². The SMILES string of the molecule is COc1ccc2nc(C)cc(OCC(=O)NCc3cc(F)cc(F)c3)c2c1. The molecule has 1 aromatic heterocycles. The number of rotatable bonds is 6. The van der Waals surface area contributed by atoms with Gasteiger partial charge in [0.15, 0.2) is 6.61 Å². The summed E-state index contributed by atoms with van der Waals surface area (Å²) in [5, 5.41) is 3.29. The molecule has 3 aromatic rings. The molecular formula is C20H18F2N2O3. The number of ether oxygens (including phenoxy) is 2. The number of methoxy groups -OCH3 is 1. The Morgan fingerprint density at radius 3 is 2.56 bits per heavy atom. The Labute approximate surface area is 154 Å². The van der Waals surface area contributed by atoms with Crippen LogP contribution in [0.4, 0.5) is 8.78 Å². The Morgan fingerprint density at radius 2 is 1.85 bits per heavy atom. The molecule has 0 unspecified atom stereocenters. The highest BCUT2D eigenvalue weighted by atomic mass is 19.1. The van der Waals surface area contributed by atoms with Gasteiger partial charge in [-0.1, -0.05) is 0 Å². The van der Waals surface area contributed by atoms with E-state index in [4.69, 9.17) is 9.47 Å². The molecule has 7 heteroatoms. The van der Waals surface area contributed by atoms with Crippen LogP contribution in [-0.2, 0) is 11.3 Å². The van der Waals surface area contributed by atoms with Crippen molar-refractivity contribution in [2.24, 2.45) is 0 Å². The molecule has 0 spiro atoms. The Kier molecular flexibility index (Phi) is 5.49. The molecule has 1 N–H and O–H groups in total. The van der Waals surface area contributed by atoms with E-state index >= 15 is 0 Å². The Hall–Kier alpha value is -3.22. The van der Waals surface area contributed by atoms with Crippen LogP contribution in [0.25, 0.3) is 10.9 Å². The largest absolute Gasteiger partial charge is 0.497 e. The fourth-order valence-corrected chi connectivity index (χ4v) is 2.65. The van der Waals surface area contributed by atoms with Crippen molar-refractivity contribution in [1.82, 2.24) is 10.3 Å². The lowest BCUT2D eigenvalue weighted by Crippen LogP contribution is -2.28. The number of aromatic nitrogens is 1. The first-order valence-corrected chi connectivity index (χ1v) is 8.24. The molecule has 0 atom stereocenters. The number of fused-ring (bicyclic) bond motifs is 1. The second-order valence-corrected chi connectivity index (χ2v) is 5.99. The summed E-state index contributed by atoms with van der Waals surface area (Å²) in [6.07, 6.45) is 0. The lowest BCUT2D eigenvalue weighted by molar-refractivity contribution is -0.123. The molecule has 0 aliphatic rings. The van der Waals surface area contributed by atoms with Gasteiger partial charge >= 0.3 is 0 Å². The molecule has 5 nitrogen and oxygen atoms in total. The quantitative estimate of drug-likeness (QED) is 0.719.